The lowest BCUT2D eigenvalue weighted by Gasteiger charge is -2.37. The summed E-state index contributed by atoms with van der Waals surface area (Å²) < 4.78 is 27.5. The van der Waals surface area contributed by atoms with Gasteiger partial charge in [0.15, 0.2) is 5.11 Å². The quantitative estimate of drug-likeness (QED) is 0.848. The normalized spacial score (nSPS) is 14.7. The van der Waals surface area contributed by atoms with Gasteiger partial charge in [-0.1, -0.05) is 24.3 Å². The molecule has 0 spiro atoms. The molecule has 1 aliphatic heterocycles. The molecule has 1 N–H and O–H groups in total. The van der Waals surface area contributed by atoms with Crippen molar-refractivity contribution in [3.05, 3.63) is 60.2 Å². The Bertz CT molecular complexity index is 700. The molecule has 0 bridgehead atoms. The second-order valence-electron chi connectivity index (χ2n) is 5.34. The number of para-hydroxylation sites is 2. The molecule has 6 heteroatoms. The lowest BCUT2D eigenvalue weighted by molar-refractivity contribution is 0.388. The largest absolute Gasteiger partial charge is 0.366 e. The average molecular weight is 333 g/mol. The van der Waals surface area contributed by atoms with Crippen LogP contribution in [0.4, 0.5) is 20.2 Å². The highest BCUT2D eigenvalue weighted by Gasteiger charge is 2.21. The first-order chi connectivity index (χ1) is 11.1. The van der Waals surface area contributed by atoms with E-state index in [1.165, 1.54) is 12.1 Å². The van der Waals surface area contributed by atoms with Crippen LogP contribution in [0.1, 0.15) is 0 Å². The van der Waals surface area contributed by atoms with Gasteiger partial charge in [0.05, 0.1) is 11.4 Å². The number of halogens is 2. The number of nitrogens with zero attached hydrogens (tertiary/aromatic N) is 2. The molecule has 0 aromatic heterocycles. The van der Waals surface area contributed by atoms with E-state index in [0.29, 0.717) is 42.7 Å². The number of rotatable bonds is 2. The zero-order valence-electron chi connectivity index (χ0n) is 12.5. The van der Waals surface area contributed by atoms with Gasteiger partial charge >= 0.3 is 0 Å². The number of thiocarbonyl (C=S) groups is 1. The number of nitrogens with one attached hydrogen (secondary N) is 1. The Morgan fingerprint density at radius 1 is 0.870 bits per heavy atom. The van der Waals surface area contributed by atoms with E-state index in [-0.39, 0.29) is 11.6 Å². The summed E-state index contributed by atoms with van der Waals surface area (Å²) in [4.78, 5) is 3.97. The molecule has 0 radical (unpaired) electrons. The van der Waals surface area contributed by atoms with E-state index in [1.54, 1.807) is 30.3 Å². The van der Waals surface area contributed by atoms with E-state index in [0.717, 1.165) is 0 Å². The summed E-state index contributed by atoms with van der Waals surface area (Å²) in [7, 11) is 0. The molecule has 2 aromatic rings. The standard InChI is InChI=1S/C17H17F2N3S/c18-13-5-1-3-7-15(13)20-17(23)22-11-9-21(10-12-22)16-8-4-2-6-14(16)19/h1-8H,9-12H2,(H,20,23). The lowest BCUT2D eigenvalue weighted by Crippen LogP contribution is -2.50. The fourth-order valence-corrected chi connectivity index (χ4v) is 2.91. The summed E-state index contributed by atoms with van der Waals surface area (Å²) in [6.07, 6.45) is 0. The van der Waals surface area contributed by atoms with Gasteiger partial charge < -0.3 is 15.1 Å². The van der Waals surface area contributed by atoms with Gasteiger partial charge in [-0.2, -0.15) is 0 Å². The van der Waals surface area contributed by atoms with E-state index in [1.807, 2.05) is 15.9 Å². The Morgan fingerprint density at radius 2 is 1.48 bits per heavy atom. The molecule has 1 aliphatic rings. The van der Waals surface area contributed by atoms with Crippen LogP contribution in [0.3, 0.4) is 0 Å². The van der Waals surface area contributed by atoms with Crippen molar-refractivity contribution >= 4 is 28.7 Å². The van der Waals surface area contributed by atoms with Gasteiger partial charge in [-0.05, 0) is 36.5 Å². The highest BCUT2D eigenvalue weighted by Crippen LogP contribution is 2.20. The van der Waals surface area contributed by atoms with Crippen molar-refractivity contribution in [2.24, 2.45) is 0 Å². The zero-order chi connectivity index (χ0) is 16.2. The SMILES string of the molecule is Fc1ccccc1NC(=S)N1CCN(c2ccccc2F)CC1. The Balaban J connectivity index is 1.60. The third-order valence-corrected chi connectivity index (χ3v) is 4.24. The summed E-state index contributed by atoms with van der Waals surface area (Å²) >= 11 is 5.35. The van der Waals surface area contributed by atoms with Crippen LogP contribution in [0.2, 0.25) is 0 Å². The van der Waals surface area contributed by atoms with E-state index < -0.39 is 0 Å². The predicted octanol–water partition coefficient (Wildman–Crippen LogP) is 3.48. The Hall–Kier alpha value is -2.21. The van der Waals surface area contributed by atoms with Gasteiger partial charge in [0.2, 0.25) is 0 Å². The monoisotopic (exact) mass is 333 g/mol. The molecule has 0 saturated carbocycles. The van der Waals surface area contributed by atoms with Gasteiger partial charge in [-0.15, -0.1) is 0 Å². The molecular formula is C17H17F2N3S. The van der Waals surface area contributed by atoms with Crippen LogP contribution in [0.25, 0.3) is 0 Å². The molecule has 0 atom stereocenters. The fourth-order valence-electron chi connectivity index (χ4n) is 2.62. The molecule has 3 rings (SSSR count). The summed E-state index contributed by atoms with van der Waals surface area (Å²) in [6, 6.07) is 13.2. The van der Waals surface area contributed by atoms with Crippen molar-refractivity contribution in [2.75, 3.05) is 36.4 Å². The summed E-state index contributed by atoms with van der Waals surface area (Å²) in [5.74, 6) is -0.548. The summed E-state index contributed by atoms with van der Waals surface area (Å²) in [5.41, 5.74) is 0.981. The van der Waals surface area contributed by atoms with Crippen LogP contribution in [0.15, 0.2) is 48.5 Å². The van der Waals surface area contributed by atoms with Crippen molar-refractivity contribution in [3.63, 3.8) is 0 Å². The lowest BCUT2D eigenvalue weighted by atomic mass is 10.2. The van der Waals surface area contributed by atoms with E-state index >= 15 is 0 Å². The van der Waals surface area contributed by atoms with Crippen LogP contribution in [0, 0.1) is 11.6 Å². The smallest absolute Gasteiger partial charge is 0.173 e. The second kappa shape index (κ2) is 6.91. The van der Waals surface area contributed by atoms with Crippen LogP contribution >= 0.6 is 12.2 Å². The highest BCUT2D eigenvalue weighted by molar-refractivity contribution is 7.80. The zero-order valence-corrected chi connectivity index (χ0v) is 13.3. The number of anilines is 2. The molecule has 0 aliphatic carbocycles. The molecule has 120 valence electrons. The Kier molecular flexibility index (Phi) is 4.71. The second-order valence-corrected chi connectivity index (χ2v) is 5.72. The minimum Gasteiger partial charge on any atom is -0.366 e. The molecule has 1 saturated heterocycles. The Morgan fingerprint density at radius 3 is 2.13 bits per heavy atom. The van der Waals surface area contributed by atoms with E-state index in [9.17, 15) is 8.78 Å². The van der Waals surface area contributed by atoms with Crippen molar-refractivity contribution in [1.82, 2.24) is 4.90 Å². The van der Waals surface area contributed by atoms with Gasteiger partial charge in [0.25, 0.3) is 0 Å². The maximum absolute atomic E-state index is 13.8. The van der Waals surface area contributed by atoms with Crippen LogP contribution in [-0.2, 0) is 0 Å². The van der Waals surface area contributed by atoms with E-state index in [4.69, 9.17) is 12.2 Å². The van der Waals surface area contributed by atoms with Crippen molar-refractivity contribution in [1.29, 1.82) is 0 Å². The molecular weight excluding hydrogens is 316 g/mol. The highest BCUT2D eigenvalue weighted by atomic mass is 32.1. The third-order valence-electron chi connectivity index (χ3n) is 3.88. The number of hydrogen-bond acceptors (Lipinski definition) is 2. The van der Waals surface area contributed by atoms with Gasteiger partial charge in [0.1, 0.15) is 11.6 Å². The molecule has 2 aromatic carbocycles. The molecule has 3 nitrogen and oxygen atoms in total. The minimum absolute atomic E-state index is 0.215. The third kappa shape index (κ3) is 3.59. The fraction of sp³-hybridized carbons (Fsp3) is 0.235. The van der Waals surface area contributed by atoms with Crippen LogP contribution in [0.5, 0.6) is 0 Å². The average Bonchev–Trinajstić information content (AvgIpc) is 2.57. The number of hydrogen-bond donors (Lipinski definition) is 1. The van der Waals surface area contributed by atoms with Crippen molar-refractivity contribution in [2.45, 2.75) is 0 Å². The maximum atomic E-state index is 13.8. The molecule has 23 heavy (non-hydrogen) atoms. The summed E-state index contributed by atoms with van der Waals surface area (Å²) in [6.45, 7) is 2.66. The maximum Gasteiger partial charge on any atom is 0.173 e. The van der Waals surface area contributed by atoms with Gasteiger partial charge in [-0.25, -0.2) is 8.78 Å². The minimum atomic E-state index is -0.333. The first-order valence-corrected chi connectivity index (χ1v) is 7.86. The molecule has 0 unspecified atom stereocenters. The first kappa shape index (κ1) is 15.7. The van der Waals surface area contributed by atoms with Gasteiger partial charge in [-0.3, -0.25) is 0 Å². The van der Waals surface area contributed by atoms with Crippen molar-refractivity contribution in [3.8, 4) is 0 Å². The topological polar surface area (TPSA) is 18.5 Å². The number of benzene rings is 2. The summed E-state index contributed by atoms with van der Waals surface area (Å²) in [5, 5.41) is 3.42. The number of piperazine rings is 1. The van der Waals surface area contributed by atoms with Crippen molar-refractivity contribution < 1.29 is 8.78 Å². The molecule has 1 fully saturated rings. The van der Waals surface area contributed by atoms with Crippen LogP contribution in [-0.4, -0.2) is 36.2 Å². The molecule has 1 heterocycles. The van der Waals surface area contributed by atoms with Crippen LogP contribution < -0.4 is 10.2 Å². The predicted molar refractivity (Wildman–Crippen MR) is 92.8 cm³/mol. The first-order valence-electron chi connectivity index (χ1n) is 7.45. The molecule has 0 amide bonds. The van der Waals surface area contributed by atoms with Gasteiger partial charge in [0, 0.05) is 26.2 Å². The Labute approximate surface area is 139 Å². The van der Waals surface area contributed by atoms with E-state index in [2.05, 4.69) is 5.32 Å².